The summed E-state index contributed by atoms with van der Waals surface area (Å²) in [5, 5.41) is 1.18. The molecule has 3 aromatic carbocycles. The van der Waals surface area contributed by atoms with Crippen LogP contribution in [0.2, 0.25) is 5.02 Å². The summed E-state index contributed by atoms with van der Waals surface area (Å²) in [4.78, 5) is 26.7. The second kappa shape index (κ2) is 8.66. The van der Waals surface area contributed by atoms with E-state index >= 15 is 0 Å². The average Bonchev–Trinajstić information content (AvgIpc) is 3.14. The third-order valence-electron chi connectivity index (χ3n) is 4.99. The van der Waals surface area contributed by atoms with Gasteiger partial charge in [0.25, 0.3) is 0 Å². The Hall–Kier alpha value is -3.57. The Morgan fingerprint density at radius 3 is 2.39 bits per heavy atom. The van der Waals surface area contributed by atoms with E-state index in [4.69, 9.17) is 21.1 Å². The minimum Gasteiger partial charge on any atom is -0.497 e. The molecule has 0 unspecified atom stereocenters. The van der Waals surface area contributed by atoms with Crippen LogP contribution in [0.3, 0.4) is 0 Å². The molecule has 0 atom stereocenters. The van der Waals surface area contributed by atoms with Gasteiger partial charge in [-0.05, 0) is 55.5 Å². The number of carbonyl (C=O) groups excluding carboxylic acids is 2. The fourth-order valence-electron chi connectivity index (χ4n) is 3.63. The number of methoxy groups -OCH3 is 1. The van der Waals surface area contributed by atoms with Gasteiger partial charge in [-0.25, -0.2) is 4.79 Å². The molecule has 0 saturated carbocycles. The van der Waals surface area contributed by atoms with Crippen molar-refractivity contribution in [3.05, 3.63) is 94.6 Å². The molecule has 1 heterocycles. The van der Waals surface area contributed by atoms with Crippen molar-refractivity contribution >= 4 is 34.3 Å². The Kier molecular flexibility index (Phi) is 5.78. The van der Waals surface area contributed by atoms with Crippen molar-refractivity contribution in [2.24, 2.45) is 0 Å². The first-order chi connectivity index (χ1) is 15.0. The molecule has 4 rings (SSSR count). The lowest BCUT2D eigenvalue weighted by Gasteiger charge is -2.12. The van der Waals surface area contributed by atoms with Crippen LogP contribution in [0.15, 0.2) is 72.8 Å². The summed E-state index contributed by atoms with van der Waals surface area (Å²) in [6.07, 6.45) is 0. The summed E-state index contributed by atoms with van der Waals surface area (Å²) in [6.45, 7) is 1.92. The van der Waals surface area contributed by atoms with E-state index in [0.29, 0.717) is 38.5 Å². The van der Waals surface area contributed by atoms with Crippen molar-refractivity contribution in [1.29, 1.82) is 0 Å². The molecule has 0 aliphatic heterocycles. The summed E-state index contributed by atoms with van der Waals surface area (Å²) in [5.74, 6) is -0.207. The summed E-state index contributed by atoms with van der Waals surface area (Å²) in [6, 6.07) is 21.3. The molecule has 5 nitrogen and oxygen atoms in total. The summed E-state index contributed by atoms with van der Waals surface area (Å²) in [5.41, 5.74) is 2.29. The van der Waals surface area contributed by atoms with Crippen LogP contribution in [0.25, 0.3) is 16.6 Å². The molecular formula is C25H20ClNO4. The van der Waals surface area contributed by atoms with Crippen LogP contribution >= 0.6 is 11.6 Å². The van der Waals surface area contributed by atoms with Crippen LogP contribution in [0.4, 0.5) is 0 Å². The molecule has 156 valence electrons. The minimum atomic E-state index is -0.574. The largest absolute Gasteiger partial charge is 0.497 e. The number of aromatic nitrogens is 1. The van der Waals surface area contributed by atoms with Gasteiger partial charge in [0.2, 0.25) is 0 Å². The van der Waals surface area contributed by atoms with E-state index < -0.39 is 5.97 Å². The highest BCUT2D eigenvalue weighted by molar-refractivity contribution is 6.30. The molecule has 6 heteroatoms. The maximum atomic E-state index is 13.6. The van der Waals surface area contributed by atoms with Gasteiger partial charge in [-0.3, -0.25) is 4.79 Å². The predicted molar refractivity (Wildman–Crippen MR) is 121 cm³/mol. The summed E-state index contributed by atoms with van der Waals surface area (Å²) < 4.78 is 12.3. The minimum absolute atomic E-state index is 0.172. The van der Waals surface area contributed by atoms with E-state index in [1.807, 2.05) is 30.3 Å². The molecule has 4 aromatic rings. The maximum Gasteiger partial charge on any atom is 0.356 e. The Morgan fingerprint density at radius 2 is 1.71 bits per heavy atom. The lowest BCUT2D eigenvalue weighted by atomic mass is 10.00. The number of carbonyl (C=O) groups is 2. The van der Waals surface area contributed by atoms with Gasteiger partial charge < -0.3 is 14.0 Å². The molecule has 0 aliphatic carbocycles. The number of halogens is 1. The smallest absolute Gasteiger partial charge is 0.356 e. The third kappa shape index (κ3) is 3.80. The number of ether oxygens (including phenoxy) is 2. The van der Waals surface area contributed by atoms with Gasteiger partial charge in [-0.15, -0.1) is 0 Å². The van der Waals surface area contributed by atoms with E-state index in [2.05, 4.69) is 0 Å². The first kappa shape index (κ1) is 20.7. The highest BCUT2D eigenvalue weighted by Crippen LogP contribution is 2.33. The number of hydrogen-bond donors (Lipinski definition) is 0. The molecule has 0 fully saturated rings. The van der Waals surface area contributed by atoms with Crippen molar-refractivity contribution in [2.45, 2.75) is 6.92 Å². The van der Waals surface area contributed by atoms with Crippen LogP contribution < -0.4 is 4.74 Å². The van der Waals surface area contributed by atoms with E-state index in [9.17, 15) is 9.59 Å². The molecule has 0 aliphatic rings. The molecular weight excluding hydrogens is 414 g/mol. The topological polar surface area (TPSA) is 57.5 Å². The average molecular weight is 434 g/mol. The van der Waals surface area contributed by atoms with Crippen molar-refractivity contribution in [3.63, 3.8) is 0 Å². The SMILES string of the molecule is CCOC(=O)c1c(C(=O)c2ccc(OC)cc2)c2ccccc2n1-c1cccc(Cl)c1. The quantitative estimate of drug-likeness (QED) is 0.289. The van der Waals surface area contributed by atoms with Crippen LogP contribution in [0.5, 0.6) is 5.75 Å². The Labute approximate surface area is 184 Å². The van der Waals surface area contributed by atoms with Crippen LogP contribution in [0.1, 0.15) is 33.3 Å². The second-order valence-corrected chi connectivity index (χ2v) is 7.27. The zero-order valence-electron chi connectivity index (χ0n) is 17.1. The van der Waals surface area contributed by atoms with Gasteiger partial charge in [-0.2, -0.15) is 0 Å². The van der Waals surface area contributed by atoms with Gasteiger partial charge in [0.05, 0.1) is 24.8 Å². The standard InChI is InChI=1S/C25H20ClNO4/c1-3-31-25(29)23-22(24(28)16-11-13-19(30-2)14-12-16)20-9-4-5-10-21(20)27(23)18-8-6-7-17(26)15-18/h4-15H,3H2,1-2H3. The van der Waals surface area contributed by atoms with Crippen molar-refractivity contribution < 1.29 is 19.1 Å². The zero-order chi connectivity index (χ0) is 22.0. The van der Waals surface area contributed by atoms with Crippen LogP contribution in [-0.2, 0) is 4.74 Å². The number of nitrogens with zero attached hydrogens (tertiary/aromatic N) is 1. The molecule has 31 heavy (non-hydrogen) atoms. The number of fused-ring (bicyclic) bond motifs is 1. The zero-order valence-corrected chi connectivity index (χ0v) is 17.8. The van der Waals surface area contributed by atoms with Gasteiger partial charge >= 0.3 is 5.97 Å². The summed E-state index contributed by atoms with van der Waals surface area (Å²) in [7, 11) is 1.56. The summed E-state index contributed by atoms with van der Waals surface area (Å²) >= 11 is 6.22. The lowest BCUT2D eigenvalue weighted by Crippen LogP contribution is -2.16. The fourth-order valence-corrected chi connectivity index (χ4v) is 3.82. The van der Waals surface area contributed by atoms with Crippen molar-refractivity contribution in [3.8, 4) is 11.4 Å². The van der Waals surface area contributed by atoms with Crippen LogP contribution in [0, 0.1) is 0 Å². The van der Waals surface area contributed by atoms with Crippen molar-refractivity contribution in [2.75, 3.05) is 13.7 Å². The van der Waals surface area contributed by atoms with E-state index in [0.717, 1.165) is 0 Å². The Morgan fingerprint density at radius 1 is 0.968 bits per heavy atom. The van der Waals surface area contributed by atoms with Gasteiger partial charge in [0, 0.05) is 21.7 Å². The molecule has 0 radical (unpaired) electrons. The molecule has 1 aromatic heterocycles. The molecule has 0 spiro atoms. The van der Waals surface area contributed by atoms with E-state index in [-0.39, 0.29) is 18.1 Å². The Balaban J connectivity index is 2.03. The first-order valence-electron chi connectivity index (χ1n) is 9.80. The fraction of sp³-hybridized carbons (Fsp3) is 0.120. The third-order valence-corrected chi connectivity index (χ3v) is 5.22. The number of rotatable bonds is 6. The first-order valence-corrected chi connectivity index (χ1v) is 10.2. The number of para-hydroxylation sites is 1. The number of ketones is 1. The second-order valence-electron chi connectivity index (χ2n) is 6.83. The lowest BCUT2D eigenvalue weighted by molar-refractivity contribution is 0.0514. The molecule has 0 saturated heterocycles. The van der Waals surface area contributed by atoms with Crippen molar-refractivity contribution in [1.82, 2.24) is 4.57 Å². The normalized spacial score (nSPS) is 10.8. The van der Waals surface area contributed by atoms with Gasteiger partial charge in [-0.1, -0.05) is 35.9 Å². The van der Waals surface area contributed by atoms with Crippen LogP contribution in [-0.4, -0.2) is 30.0 Å². The number of esters is 1. The highest BCUT2D eigenvalue weighted by atomic mass is 35.5. The maximum absolute atomic E-state index is 13.6. The molecule has 0 amide bonds. The number of benzene rings is 3. The van der Waals surface area contributed by atoms with Gasteiger partial charge in [0.15, 0.2) is 5.78 Å². The van der Waals surface area contributed by atoms with E-state index in [1.54, 1.807) is 61.1 Å². The Bertz CT molecular complexity index is 1270. The molecule has 0 N–H and O–H groups in total. The van der Waals surface area contributed by atoms with E-state index in [1.165, 1.54) is 0 Å². The molecule has 0 bridgehead atoms. The van der Waals surface area contributed by atoms with Gasteiger partial charge in [0.1, 0.15) is 11.4 Å². The predicted octanol–water partition coefficient (Wildman–Crippen LogP) is 5.70. The highest BCUT2D eigenvalue weighted by Gasteiger charge is 2.29. The monoisotopic (exact) mass is 433 g/mol. The number of hydrogen-bond acceptors (Lipinski definition) is 4.